The molecule has 1 N–H and O–H groups in total. The molecule has 1 aromatic carbocycles. The monoisotopic (exact) mass is 478 g/mol. The standard InChI is InChI=1S/C26H30N4O3S/c1-17-24(34-25(28-17)19-7-5-13-27-16-19)26(31)30-14-6-10-21(29-30)18-11-12-22(32-2)23(15-18)33-20-8-3-4-9-20/h5,7,11-13,15-16,20-21,29H,3-4,6,8-10,14H2,1-2H3. The van der Waals surface area contributed by atoms with Crippen molar-refractivity contribution < 1.29 is 14.3 Å². The number of carbonyl (C=O) groups excluding carboxylic acids is 1. The zero-order chi connectivity index (χ0) is 23.5. The molecule has 1 aliphatic heterocycles. The topological polar surface area (TPSA) is 76.6 Å². The van der Waals surface area contributed by atoms with Crippen molar-refractivity contribution in [1.82, 2.24) is 20.4 Å². The van der Waals surface area contributed by atoms with Gasteiger partial charge in [-0.2, -0.15) is 0 Å². The summed E-state index contributed by atoms with van der Waals surface area (Å²) in [5.41, 5.74) is 6.23. The Morgan fingerprint density at radius 3 is 2.76 bits per heavy atom. The van der Waals surface area contributed by atoms with Crippen molar-refractivity contribution in [1.29, 1.82) is 0 Å². The first-order valence-electron chi connectivity index (χ1n) is 11.9. The van der Waals surface area contributed by atoms with Crippen LogP contribution in [0.25, 0.3) is 10.6 Å². The summed E-state index contributed by atoms with van der Waals surface area (Å²) < 4.78 is 11.8. The van der Waals surface area contributed by atoms with Gasteiger partial charge in [0.1, 0.15) is 9.88 Å². The second-order valence-corrected chi connectivity index (χ2v) is 9.89. The SMILES string of the molecule is COc1ccc(C2CCCN(C(=O)c3sc(-c4cccnc4)nc3C)N2)cc1OC1CCCC1. The molecular weight excluding hydrogens is 448 g/mol. The molecule has 2 aromatic heterocycles. The molecule has 1 saturated heterocycles. The third-order valence-electron chi connectivity index (χ3n) is 6.52. The van der Waals surface area contributed by atoms with Gasteiger partial charge < -0.3 is 9.47 Å². The second kappa shape index (κ2) is 10.1. The molecule has 3 aromatic rings. The quantitative estimate of drug-likeness (QED) is 0.516. The van der Waals surface area contributed by atoms with E-state index in [9.17, 15) is 4.79 Å². The number of hydrogen-bond acceptors (Lipinski definition) is 7. The molecule has 5 rings (SSSR count). The number of hydrazine groups is 1. The van der Waals surface area contributed by atoms with E-state index in [0.29, 0.717) is 11.4 Å². The van der Waals surface area contributed by atoms with E-state index in [1.165, 1.54) is 24.2 Å². The lowest BCUT2D eigenvalue weighted by molar-refractivity contribution is 0.0537. The molecule has 1 saturated carbocycles. The lowest BCUT2D eigenvalue weighted by Gasteiger charge is -2.34. The Bertz CT molecular complexity index is 1140. The van der Waals surface area contributed by atoms with Crippen molar-refractivity contribution in [3.8, 4) is 22.1 Å². The van der Waals surface area contributed by atoms with E-state index >= 15 is 0 Å². The number of methoxy groups -OCH3 is 1. The molecule has 1 atom stereocenters. The first-order chi connectivity index (χ1) is 16.6. The average Bonchev–Trinajstić information content (AvgIpc) is 3.54. The number of nitrogens with zero attached hydrogens (tertiary/aromatic N) is 3. The minimum atomic E-state index is -0.0363. The highest BCUT2D eigenvalue weighted by Gasteiger charge is 2.29. The Labute approximate surface area is 204 Å². The van der Waals surface area contributed by atoms with Crippen LogP contribution in [0.15, 0.2) is 42.7 Å². The fourth-order valence-corrected chi connectivity index (χ4v) is 5.70. The van der Waals surface area contributed by atoms with E-state index in [0.717, 1.165) is 59.0 Å². The van der Waals surface area contributed by atoms with Crippen molar-refractivity contribution in [2.24, 2.45) is 0 Å². The van der Waals surface area contributed by atoms with Crippen LogP contribution in [0.3, 0.4) is 0 Å². The maximum Gasteiger partial charge on any atom is 0.279 e. The number of hydrogen-bond donors (Lipinski definition) is 1. The zero-order valence-corrected chi connectivity index (χ0v) is 20.4. The molecular formula is C26H30N4O3S. The number of aryl methyl sites for hydroxylation is 1. The van der Waals surface area contributed by atoms with Crippen LogP contribution in [-0.2, 0) is 0 Å². The van der Waals surface area contributed by atoms with Crippen LogP contribution < -0.4 is 14.9 Å². The summed E-state index contributed by atoms with van der Waals surface area (Å²) in [5, 5.41) is 2.55. The molecule has 178 valence electrons. The van der Waals surface area contributed by atoms with Gasteiger partial charge in [-0.3, -0.25) is 14.8 Å². The van der Waals surface area contributed by atoms with Gasteiger partial charge in [-0.05, 0) is 75.3 Å². The summed E-state index contributed by atoms with van der Waals surface area (Å²) in [6.07, 6.45) is 10.2. The summed E-state index contributed by atoms with van der Waals surface area (Å²) >= 11 is 1.42. The highest BCUT2D eigenvalue weighted by Crippen LogP contribution is 2.36. The van der Waals surface area contributed by atoms with E-state index in [2.05, 4.69) is 27.5 Å². The fourth-order valence-electron chi connectivity index (χ4n) is 4.69. The molecule has 1 amide bonds. The molecule has 1 aliphatic carbocycles. The van der Waals surface area contributed by atoms with Gasteiger partial charge in [0.15, 0.2) is 11.5 Å². The van der Waals surface area contributed by atoms with Crippen LogP contribution >= 0.6 is 11.3 Å². The molecule has 0 radical (unpaired) electrons. The fraction of sp³-hybridized carbons (Fsp3) is 0.423. The molecule has 2 fully saturated rings. The minimum Gasteiger partial charge on any atom is -0.493 e. The molecule has 1 unspecified atom stereocenters. The van der Waals surface area contributed by atoms with Gasteiger partial charge in [-0.1, -0.05) is 6.07 Å². The Kier molecular flexibility index (Phi) is 6.78. The second-order valence-electron chi connectivity index (χ2n) is 8.89. The lowest BCUT2D eigenvalue weighted by atomic mass is 10.00. The number of carbonyl (C=O) groups is 1. The third-order valence-corrected chi connectivity index (χ3v) is 7.71. The number of ether oxygens (including phenoxy) is 2. The van der Waals surface area contributed by atoms with E-state index in [1.54, 1.807) is 24.5 Å². The molecule has 34 heavy (non-hydrogen) atoms. The number of pyridine rings is 1. The zero-order valence-electron chi connectivity index (χ0n) is 19.6. The Balaban J connectivity index is 1.33. The maximum atomic E-state index is 13.4. The highest BCUT2D eigenvalue weighted by atomic mass is 32.1. The molecule has 7 nitrogen and oxygen atoms in total. The van der Waals surface area contributed by atoms with Gasteiger partial charge in [-0.25, -0.2) is 10.4 Å². The Morgan fingerprint density at radius 1 is 1.15 bits per heavy atom. The Morgan fingerprint density at radius 2 is 2.00 bits per heavy atom. The first kappa shape index (κ1) is 22.8. The van der Waals surface area contributed by atoms with E-state index in [-0.39, 0.29) is 18.1 Å². The molecule has 3 heterocycles. The summed E-state index contributed by atoms with van der Waals surface area (Å²) in [4.78, 5) is 22.9. The van der Waals surface area contributed by atoms with Crippen LogP contribution in [0, 0.1) is 6.92 Å². The van der Waals surface area contributed by atoms with E-state index in [1.807, 2.05) is 25.1 Å². The van der Waals surface area contributed by atoms with E-state index < -0.39 is 0 Å². The average molecular weight is 479 g/mol. The van der Waals surface area contributed by atoms with Crippen molar-refractivity contribution in [3.63, 3.8) is 0 Å². The van der Waals surface area contributed by atoms with Crippen LogP contribution in [0.5, 0.6) is 11.5 Å². The van der Waals surface area contributed by atoms with Gasteiger partial charge >= 0.3 is 0 Å². The van der Waals surface area contributed by atoms with Crippen LogP contribution in [0.2, 0.25) is 0 Å². The van der Waals surface area contributed by atoms with Crippen molar-refractivity contribution in [2.75, 3.05) is 13.7 Å². The van der Waals surface area contributed by atoms with Gasteiger partial charge in [0.05, 0.1) is 24.9 Å². The largest absolute Gasteiger partial charge is 0.493 e. The number of aromatic nitrogens is 2. The normalized spacial score (nSPS) is 18.8. The predicted octanol–water partition coefficient (Wildman–Crippen LogP) is 5.33. The van der Waals surface area contributed by atoms with Gasteiger partial charge in [0.25, 0.3) is 5.91 Å². The number of rotatable bonds is 6. The summed E-state index contributed by atoms with van der Waals surface area (Å²) in [6.45, 7) is 2.55. The number of amides is 1. The van der Waals surface area contributed by atoms with Crippen molar-refractivity contribution >= 4 is 17.2 Å². The van der Waals surface area contributed by atoms with Crippen molar-refractivity contribution in [3.05, 3.63) is 58.9 Å². The van der Waals surface area contributed by atoms with Crippen LogP contribution in [0.4, 0.5) is 0 Å². The number of nitrogens with one attached hydrogen (secondary N) is 1. The van der Waals surface area contributed by atoms with Gasteiger partial charge in [0.2, 0.25) is 0 Å². The first-order valence-corrected chi connectivity index (χ1v) is 12.7. The van der Waals surface area contributed by atoms with Gasteiger partial charge in [-0.15, -0.1) is 11.3 Å². The maximum absolute atomic E-state index is 13.4. The smallest absolute Gasteiger partial charge is 0.279 e. The summed E-state index contributed by atoms with van der Waals surface area (Å²) in [6, 6.07) is 9.97. The van der Waals surface area contributed by atoms with Crippen LogP contribution in [-0.4, -0.2) is 40.6 Å². The van der Waals surface area contributed by atoms with Crippen LogP contribution in [0.1, 0.15) is 65.5 Å². The third kappa shape index (κ3) is 4.79. The summed E-state index contributed by atoms with van der Waals surface area (Å²) in [7, 11) is 1.67. The molecule has 2 aliphatic rings. The highest BCUT2D eigenvalue weighted by molar-refractivity contribution is 7.17. The van der Waals surface area contributed by atoms with E-state index in [4.69, 9.17) is 9.47 Å². The predicted molar refractivity (Wildman–Crippen MR) is 132 cm³/mol. The number of thiazole rings is 1. The molecule has 0 spiro atoms. The van der Waals surface area contributed by atoms with Gasteiger partial charge in [0, 0.05) is 24.5 Å². The number of benzene rings is 1. The molecule has 0 bridgehead atoms. The molecule has 8 heteroatoms. The van der Waals surface area contributed by atoms with Crippen molar-refractivity contribution in [2.45, 2.75) is 57.6 Å². The summed E-state index contributed by atoms with van der Waals surface area (Å²) in [5.74, 6) is 1.50. The Hall–Kier alpha value is -2.97. The lowest BCUT2D eigenvalue weighted by Crippen LogP contribution is -2.48. The minimum absolute atomic E-state index is 0.0283.